The van der Waals surface area contributed by atoms with E-state index in [9.17, 15) is 13.2 Å². The molecule has 1 atom stereocenters. The standard InChI is InChI=1S/C12H15N3O4S.ClH/c1-14-10-3-2-9(6-11(10)19-12(14)16)20(17,18)15-5-4-8(13)7-15;/h2-3,6,8H,4-5,7,13H2,1H3;1H/t8-;/m0./s1. The van der Waals surface area contributed by atoms with Crippen molar-refractivity contribution in [2.45, 2.75) is 17.4 Å². The Labute approximate surface area is 127 Å². The molecule has 21 heavy (non-hydrogen) atoms. The molecule has 2 N–H and O–H groups in total. The fourth-order valence-electron chi connectivity index (χ4n) is 2.40. The van der Waals surface area contributed by atoms with Crippen LogP contribution in [-0.2, 0) is 17.1 Å². The zero-order valence-corrected chi connectivity index (χ0v) is 13.0. The van der Waals surface area contributed by atoms with E-state index in [1.54, 1.807) is 13.1 Å². The van der Waals surface area contributed by atoms with Crippen molar-refractivity contribution in [1.29, 1.82) is 0 Å². The van der Waals surface area contributed by atoms with Crippen LogP contribution >= 0.6 is 12.4 Å². The lowest BCUT2D eigenvalue weighted by Gasteiger charge is -2.15. The van der Waals surface area contributed by atoms with E-state index in [2.05, 4.69) is 0 Å². The van der Waals surface area contributed by atoms with Crippen molar-refractivity contribution in [1.82, 2.24) is 8.87 Å². The van der Waals surface area contributed by atoms with E-state index in [4.69, 9.17) is 10.2 Å². The minimum Gasteiger partial charge on any atom is -0.408 e. The quantitative estimate of drug-likeness (QED) is 0.850. The van der Waals surface area contributed by atoms with Crippen molar-refractivity contribution < 1.29 is 12.8 Å². The number of halogens is 1. The van der Waals surface area contributed by atoms with Gasteiger partial charge in [-0.3, -0.25) is 4.57 Å². The Morgan fingerprint density at radius 2 is 2.10 bits per heavy atom. The Morgan fingerprint density at radius 1 is 1.38 bits per heavy atom. The van der Waals surface area contributed by atoms with Crippen LogP contribution < -0.4 is 11.5 Å². The highest BCUT2D eigenvalue weighted by atomic mass is 35.5. The second-order valence-corrected chi connectivity index (χ2v) is 6.91. The topological polar surface area (TPSA) is 98.5 Å². The number of hydrogen-bond donors (Lipinski definition) is 1. The Kier molecular flexibility index (Phi) is 4.16. The zero-order valence-electron chi connectivity index (χ0n) is 11.4. The lowest BCUT2D eigenvalue weighted by Crippen LogP contribution is -2.31. The van der Waals surface area contributed by atoms with Gasteiger partial charge in [-0.05, 0) is 18.6 Å². The summed E-state index contributed by atoms with van der Waals surface area (Å²) in [4.78, 5) is 11.5. The highest BCUT2D eigenvalue weighted by molar-refractivity contribution is 7.89. The monoisotopic (exact) mass is 333 g/mol. The van der Waals surface area contributed by atoms with E-state index in [0.29, 0.717) is 25.0 Å². The lowest BCUT2D eigenvalue weighted by molar-refractivity contribution is 0.472. The SMILES string of the molecule is Cl.Cn1c(=O)oc2cc(S(=O)(=O)N3CC[C@H](N)C3)ccc21. The van der Waals surface area contributed by atoms with E-state index in [1.807, 2.05) is 0 Å². The number of aromatic nitrogens is 1. The van der Waals surface area contributed by atoms with Gasteiger partial charge in [-0.25, -0.2) is 13.2 Å². The number of oxazole rings is 1. The molecular formula is C12H16ClN3O4S. The number of benzene rings is 1. The fourth-order valence-corrected chi connectivity index (χ4v) is 3.92. The van der Waals surface area contributed by atoms with E-state index < -0.39 is 15.8 Å². The summed E-state index contributed by atoms with van der Waals surface area (Å²) in [5, 5.41) is 0. The molecule has 7 nitrogen and oxygen atoms in total. The van der Waals surface area contributed by atoms with Crippen molar-refractivity contribution in [3.05, 3.63) is 28.7 Å². The van der Waals surface area contributed by atoms with Gasteiger partial charge in [-0.1, -0.05) is 0 Å². The first kappa shape index (κ1) is 16.0. The summed E-state index contributed by atoms with van der Waals surface area (Å²) in [6.45, 7) is 0.735. The maximum Gasteiger partial charge on any atom is 0.419 e. The number of nitrogens with two attached hydrogens (primary N) is 1. The molecule has 0 aliphatic carbocycles. The molecule has 0 radical (unpaired) electrons. The van der Waals surface area contributed by atoms with Crippen LogP contribution in [0.5, 0.6) is 0 Å². The third kappa shape index (κ3) is 2.59. The molecule has 1 saturated heterocycles. The predicted molar refractivity (Wildman–Crippen MR) is 80.1 cm³/mol. The van der Waals surface area contributed by atoms with E-state index in [1.165, 1.54) is 21.0 Å². The van der Waals surface area contributed by atoms with Crippen molar-refractivity contribution in [2.75, 3.05) is 13.1 Å². The van der Waals surface area contributed by atoms with Crippen LogP contribution in [0.4, 0.5) is 0 Å². The molecule has 2 aromatic rings. The van der Waals surface area contributed by atoms with Crippen molar-refractivity contribution in [2.24, 2.45) is 12.8 Å². The Balaban J connectivity index is 0.00000161. The molecule has 3 rings (SSSR count). The van der Waals surface area contributed by atoms with Gasteiger partial charge in [-0.15, -0.1) is 12.4 Å². The molecule has 9 heteroatoms. The molecule has 116 valence electrons. The summed E-state index contributed by atoms with van der Waals surface area (Å²) in [7, 11) is -2.01. The van der Waals surface area contributed by atoms with Gasteiger partial charge in [0.2, 0.25) is 10.0 Å². The van der Waals surface area contributed by atoms with Crippen molar-refractivity contribution >= 4 is 33.5 Å². The normalized spacial score (nSPS) is 19.8. The van der Waals surface area contributed by atoms with Crippen LogP contribution in [0.3, 0.4) is 0 Å². The van der Waals surface area contributed by atoms with Gasteiger partial charge in [0.05, 0.1) is 10.4 Å². The highest BCUT2D eigenvalue weighted by Gasteiger charge is 2.31. The van der Waals surface area contributed by atoms with Crippen molar-refractivity contribution in [3.8, 4) is 0 Å². The average molecular weight is 334 g/mol. The van der Waals surface area contributed by atoms with Gasteiger partial charge in [0.1, 0.15) is 0 Å². The summed E-state index contributed by atoms with van der Waals surface area (Å²) >= 11 is 0. The molecule has 0 saturated carbocycles. The summed E-state index contributed by atoms with van der Waals surface area (Å²) in [6.07, 6.45) is 0.655. The zero-order chi connectivity index (χ0) is 14.5. The molecule has 0 spiro atoms. The lowest BCUT2D eigenvalue weighted by atomic mass is 10.3. The smallest absolute Gasteiger partial charge is 0.408 e. The summed E-state index contributed by atoms with van der Waals surface area (Å²) in [5.41, 5.74) is 6.57. The van der Waals surface area contributed by atoms with Crippen LogP contribution in [0, 0.1) is 0 Å². The maximum absolute atomic E-state index is 12.5. The van der Waals surface area contributed by atoms with Crippen LogP contribution in [0.2, 0.25) is 0 Å². The van der Waals surface area contributed by atoms with Gasteiger partial charge in [-0.2, -0.15) is 4.31 Å². The van der Waals surface area contributed by atoms with Gasteiger partial charge in [0.25, 0.3) is 0 Å². The number of aryl methyl sites for hydroxylation is 1. The molecule has 0 unspecified atom stereocenters. The minimum absolute atomic E-state index is 0. The highest BCUT2D eigenvalue weighted by Crippen LogP contribution is 2.23. The Hall–Kier alpha value is -1.35. The fraction of sp³-hybridized carbons (Fsp3) is 0.417. The van der Waals surface area contributed by atoms with Crippen LogP contribution in [0.25, 0.3) is 11.1 Å². The number of nitrogens with zero attached hydrogens (tertiary/aromatic N) is 2. The van der Waals surface area contributed by atoms with Crippen molar-refractivity contribution in [3.63, 3.8) is 0 Å². The molecule has 1 aliphatic heterocycles. The molecule has 1 aliphatic rings. The predicted octanol–water partition coefficient (Wildman–Crippen LogP) is 0.275. The van der Waals surface area contributed by atoms with Crippen LogP contribution in [0.15, 0.2) is 32.3 Å². The first-order valence-electron chi connectivity index (χ1n) is 6.25. The van der Waals surface area contributed by atoms with Crippen LogP contribution in [-0.4, -0.2) is 36.4 Å². The first-order valence-corrected chi connectivity index (χ1v) is 7.69. The van der Waals surface area contributed by atoms with Crippen LogP contribution in [0.1, 0.15) is 6.42 Å². The second kappa shape index (κ2) is 5.45. The van der Waals surface area contributed by atoms with Gasteiger partial charge < -0.3 is 10.2 Å². The molecule has 1 fully saturated rings. The molecule has 0 amide bonds. The molecule has 2 heterocycles. The summed E-state index contributed by atoms with van der Waals surface area (Å²) in [5.74, 6) is -0.516. The van der Waals surface area contributed by atoms with Gasteiger partial charge in [0, 0.05) is 32.2 Å². The molecule has 1 aromatic heterocycles. The number of hydrogen-bond acceptors (Lipinski definition) is 5. The molecule has 0 bridgehead atoms. The number of sulfonamides is 1. The van der Waals surface area contributed by atoms with E-state index in [0.717, 1.165) is 0 Å². The average Bonchev–Trinajstić information content (AvgIpc) is 2.95. The van der Waals surface area contributed by atoms with Gasteiger partial charge >= 0.3 is 5.76 Å². The van der Waals surface area contributed by atoms with Gasteiger partial charge in [0.15, 0.2) is 5.58 Å². The Bertz CT molecular complexity index is 827. The van der Waals surface area contributed by atoms with E-state index >= 15 is 0 Å². The number of fused-ring (bicyclic) bond motifs is 1. The maximum atomic E-state index is 12.5. The minimum atomic E-state index is -3.58. The first-order chi connectivity index (χ1) is 9.39. The third-order valence-corrected chi connectivity index (χ3v) is 5.45. The summed E-state index contributed by atoms with van der Waals surface area (Å²) in [6, 6.07) is 4.32. The molecule has 1 aromatic carbocycles. The third-order valence-electron chi connectivity index (χ3n) is 3.59. The second-order valence-electron chi connectivity index (χ2n) is 4.97. The number of rotatable bonds is 2. The summed E-state index contributed by atoms with van der Waals surface area (Å²) < 4.78 is 32.6. The van der Waals surface area contributed by atoms with E-state index in [-0.39, 0.29) is 28.9 Å². The largest absolute Gasteiger partial charge is 0.419 e. The molecular weight excluding hydrogens is 318 g/mol. The Morgan fingerprint density at radius 3 is 2.71 bits per heavy atom.